The number of methoxy groups -OCH3 is 1. The molecule has 2 aliphatic rings. The maximum absolute atomic E-state index is 5.76. The summed E-state index contributed by atoms with van der Waals surface area (Å²) in [5.41, 5.74) is 2.89. The first-order valence-corrected chi connectivity index (χ1v) is 8.34. The van der Waals surface area contributed by atoms with Gasteiger partial charge >= 0.3 is 0 Å². The summed E-state index contributed by atoms with van der Waals surface area (Å²) in [5, 5.41) is 0. The van der Waals surface area contributed by atoms with Gasteiger partial charge in [0.05, 0.1) is 12.2 Å². The van der Waals surface area contributed by atoms with E-state index >= 15 is 0 Å². The Kier molecular flexibility index (Phi) is 3.62. The molecular formula is C17H23BrO2. The van der Waals surface area contributed by atoms with Gasteiger partial charge in [-0.3, -0.25) is 0 Å². The van der Waals surface area contributed by atoms with Gasteiger partial charge < -0.3 is 9.47 Å². The summed E-state index contributed by atoms with van der Waals surface area (Å²) in [5.74, 6) is 1.04. The van der Waals surface area contributed by atoms with Crippen molar-refractivity contribution < 1.29 is 9.47 Å². The van der Waals surface area contributed by atoms with Crippen LogP contribution in [0.25, 0.3) is 0 Å². The first-order valence-electron chi connectivity index (χ1n) is 7.42. The van der Waals surface area contributed by atoms with Crippen LogP contribution in [0.15, 0.2) is 18.2 Å². The van der Waals surface area contributed by atoms with Crippen molar-refractivity contribution in [3.63, 3.8) is 0 Å². The highest BCUT2D eigenvalue weighted by Gasteiger charge is 2.39. The molecule has 1 heterocycles. The van der Waals surface area contributed by atoms with Crippen LogP contribution in [0.1, 0.15) is 55.5 Å². The van der Waals surface area contributed by atoms with E-state index in [1.165, 1.54) is 30.4 Å². The van der Waals surface area contributed by atoms with Crippen molar-refractivity contribution >= 4 is 15.9 Å². The Balaban J connectivity index is 1.81. The Labute approximate surface area is 130 Å². The number of hydrogen-bond acceptors (Lipinski definition) is 2. The largest absolute Gasteiger partial charge is 0.492 e. The number of halogens is 1. The highest BCUT2D eigenvalue weighted by Crippen LogP contribution is 2.46. The van der Waals surface area contributed by atoms with Gasteiger partial charge in [0.2, 0.25) is 0 Å². The molecule has 1 unspecified atom stereocenters. The highest BCUT2D eigenvalue weighted by atomic mass is 79.9. The molecule has 3 rings (SSSR count). The molecule has 0 spiro atoms. The van der Waals surface area contributed by atoms with Crippen LogP contribution < -0.4 is 4.74 Å². The first kappa shape index (κ1) is 14.4. The second-order valence-corrected chi connectivity index (χ2v) is 7.95. The summed E-state index contributed by atoms with van der Waals surface area (Å²) in [4.78, 5) is 0.351. The normalized spacial score (nSPS) is 23.6. The zero-order chi connectivity index (χ0) is 14.4. The molecule has 0 bridgehead atoms. The summed E-state index contributed by atoms with van der Waals surface area (Å²) in [7, 11) is 1.85. The maximum Gasteiger partial charge on any atom is 0.123 e. The van der Waals surface area contributed by atoms with E-state index < -0.39 is 0 Å². The van der Waals surface area contributed by atoms with Crippen molar-refractivity contribution in [1.29, 1.82) is 0 Å². The molecule has 1 fully saturated rings. The third kappa shape index (κ3) is 2.39. The predicted octanol–water partition coefficient (Wildman–Crippen LogP) is 4.75. The van der Waals surface area contributed by atoms with Gasteiger partial charge in [0.25, 0.3) is 0 Å². The standard InChI is InChI=1S/C17H23BrO2/c1-16(2)11-20-15-6-5-12(9-13(15)16)14(18)10-17(19-3)7-4-8-17/h5-6,9,14H,4,7-8,10-11H2,1-3H3. The molecule has 1 aromatic carbocycles. The van der Waals surface area contributed by atoms with Crippen LogP contribution in [0.4, 0.5) is 0 Å². The number of hydrogen-bond donors (Lipinski definition) is 0. The molecule has 1 saturated carbocycles. The van der Waals surface area contributed by atoms with Gasteiger partial charge in [0, 0.05) is 22.9 Å². The summed E-state index contributed by atoms with van der Waals surface area (Å²) in [6.45, 7) is 5.27. The first-order chi connectivity index (χ1) is 9.46. The Morgan fingerprint density at radius 3 is 2.70 bits per heavy atom. The van der Waals surface area contributed by atoms with Crippen LogP contribution in [0.3, 0.4) is 0 Å². The Morgan fingerprint density at radius 2 is 2.10 bits per heavy atom. The quantitative estimate of drug-likeness (QED) is 0.737. The minimum Gasteiger partial charge on any atom is -0.492 e. The SMILES string of the molecule is COC1(CC(Br)c2ccc3c(c2)C(C)(C)CO3)CCC1. The lowest BCUT2D eigenvalue weighted by atomic mass is 9.76. The molecule has 3 heteroatoms. The molecular weight excluding hydrogens is 316 g/mol. The van der Waals surface area contributed by atoms with Crippen LogP contribution in [0, 0.1) is 0 Å². The van der Waals surface area contributed by atoms with Gasteiger partial charge in [-0.1, -0.05) is 41.9 Å². The summed E-state index contributed by atoms with van der Waals surface area (Å²) in [6, 6.07) is 6.61. The lowest BCUT2D eigenvalue weighted by Crippen LogP contribution is -2.39. The Morgan fingerprint density at radius 1 is 1.35 bits per heavy atom. The third-order valence-electron chi connectivity index (χ3n) is 4.93. The van der Waals surface area contributed by atoms with Gasteiger partial charge in [0.1, 0.15) is 5.75 Å². The molecule has 1 aliphatic heterocycles. The fraction of sp³-hybridized carbons (Fsp3) is 0.647. The average molecular weight is 339 g/mol. The fourth-order valence-electron chi connectivity index (χ4n) is 3.24. The van der Waals surface area contributed by atoms with Crippen LogP contribution in [-0.4, -0.2) is 19.3 Å². The van der Waals surface area contributed by atoms with Crippen molar-refractivity contribution in [2.24, 2.45) is 0 Å². The van der Waals surface area contributed by atoms with E-state index in [0.29, 0.717) is 4.83 Å². The lowest BCUT2D eigenvalue weighted by Gasteiger charge is -2.42. The van der Waals surface area contributed by atoms with E-state index in [1.807, 2.05) is 7.11 Å². The van der Waals surface area contributed by atoms with Gasteiger partial charge in [-0.15, -0.1) is 0 Å². The minimum atomic E-state index is 0.0964. The van der Waals surface area contributed by atoms with Gasteiger partial charge in [-0.2, -0.15) is 0 Å². The van der Waals surface area contributed by atoms with Gasteiger partial charge in [-0.25, -0.2) is 0 Å². The molecule has 110 valence electrons. The average Bonchev–Trinajstić information content (AvgIpc) is 2.69. The number of ether oxygens (including phenoxy) is 2. The van der Waals surface area contributed by atoms with E-state index in [4.69, 9.17) is 9.47 Å². The second-order valence-electron chi connectivity index (χ2n) is 6.84. The summed E-state index contributed by atoms with van der Waals surface area (Å²) >= 11 is 3.86. The van der Waals surface area contributed by atoms with Crippen molar-refractivity contribution in [3.05, 3.63) is 29.3 Å². The molecule has 1 atom stereocenters. The zero-order valence-electron chi connectivity index (χ0n) is 12.5. The monoisotopic (exact) mass is 338 g/mol. The molecule has 0 saturated heterocycles. The predicted molar refractivity (Wildman–Crippen MR) is 84.8 cm³/mol. The van der Waals surface area contributed by atoms with E-state index in [-0.39, 0.29) is 11.0 Å². The van der Waals surface area contributed by atoms with Crippen molar-refractivity contribution in [2.75, 3.05) is 13.7 Å². The van der Waals surface area contributed by atoms with E-state index in [9.17, 15) is 0 Å². The van der Waals surface area contributed by atoms with Crippen molar-refractivity contribution in [1.82, 2.24) is 0 Å². The van der Waals surface area contributed by atoms with Crippen LogP contribution in [0.5, 0.6) is 5.75 Å². The van der Waals surface area contributed by atoms with E-state index in [1.54, 1.807) is 0 Å². The minimum absolute atomic E-state index is 0.0964. The number of benzene rings is 1. The van der Waals surface area contributed by atoms with Crippen molar-refractivity contribution in [3.8, 4) is 5.75 Å². The van der Waals surface area contributed by atoms with Crippen molar-refractivity contribution in [2.45, 2.75) is 55.4 Å². The number of fused-ring (bicyclic) bond motifs is 1. The highest BCUT2D eigenvalue weighted by molar-refractivity contribution is 9.09. The molecule has 0 N–H and O–H groups in total. The number of alkyl halides is 1. The topological polar surface area (TPSA) is 18.5 Å². The van der Waals surface area contributed by atoms with E-state index in [2.05, 4.69) is 48.0 Å². The molecule has 1 aliphatic carbocycles. The van der Waals surface area contributed by atoms with Crippen LogP contribution in [-0.2, 0) is 10.2 Å². The number of rotatable bonds is 4. The fourth-order valence-corrected chi connectivity index (χ4v) is 4.12. The van der Waals surface area contributed by atoms with Crippen LogP contribution in [0.2, 0.25) is 0 Å². The third-order valence-corrected chi connectivity index (χ3v) is 5.78. The molecule has 0 aromatic heterocycles. The summed E-state index contributed by atoms with van der Waals surface area (Å²) in [6.07, 6.45) is 4.71. The Bertz CT molecular complexity index is 500. The molecule has 0 amide bonds. The zero-order valence-corrected chi connectivity index (χ0v) is 14.1. The van der Waals surface area contributed by atoms with Crippen LogP contribution >= 0.6 is 15.9 Å². The molecule has 1 aromatic rings. The molecule has 0 radical (unpaired) electrons. The van der Waals surface area contributed by atoms with Gasteiger partial charge in [0.15, 0.2) is 0 Å². The summed E-state index contributed by atoms with van der Waals surface area (Å²) < 4.78 is 11.5. The smallest absolute Gasteiger partial charge is 0.123 e. The molecule has 2 nitrogen and oxygen atoms in total. The lowest BCUT2D eigenvalue weighted by molar-refractivity contribution is -0.0773. The second kappa shape index (κ2) is 5.03. The Hall–Kier alpha value is -0.540. The molecule has 20 heavy (non-hydrogen) atoms. The van der Waals surface area contributed by atoms with E-state index in [0.717, 1.165) is 18.8 Å². The maximum atomic E-state index is 5.76. The van der Waals surface area contributed by atoms with Gasteiger partial charge in [-0.05, 0) is 37.3 Å².